The second kappa shape index (κ2) is 10.8. The third-order valence-corrected chi connectivity index (χ3v) is 10.3. The largest absolute Gasteiger partial charge is 0.451 e. The maximum Gasteiger partial charge on any atom is 0.252 e. The lowest BCUT2D eigenvalue weighted by atomic mass is 9.33. The molecule has 3 aliphatic rings. The number of para-hydroxylation sites is 7. The van der Waals surface area contributed by atoms with Crippen molar-refractivity contribution in [1.82, 2.24) is 9.97 Å². The molecule has 51 heavy (non-hydrogen) atoms. The summed E-state index contributed by atoms with van der Waals surface area (Å²) in [5.41, 5.74) is 14.8. The lowest BCUT2D eigenvalue weighted by molar-refractivity contribution is 0.478. The van der Waals surface area contributed by atoms with Crippen molar-refractivity contribution in [3.05, 3.63) is 170 Å². The van der Waals surface area contributed by atoms with Gasteiger partial charge in [-0.3, -0.25) is 9.97 Å². The average molecular weight is 654 g/mol. The number of nitrogens with zero attached hydrogens (tertiary/aromatic N) is 5. The van der Waals surface area contributed by atoms with E-state index >= 15 is 0 Å². The van der Waals surface area contributed by atoms with Gasteiger partial charge in [-0.2, -0.15) is 0 Å². The van der Waals surface area contributed by atoms with Gasteiger partial charge in [-0.25, -0.2) is 0 Å². The molecule has 0 bridgehead atoms. The summed E-state index contributed by atoms with van der Waals surface area (Å²) in [7, 11) is 0. The first-order valence-corrected chi connectivity index (χ1v) is 17.2. The van der Waals surface area contributed by atoms with Gasteiger partial charge in [0.2, 0.25) is 0 Å². The molecule has 7 aromatic carbocycles. The van der Waals surface area contributed by atoms with Crippen LogP contribution in [0.3, 0.4) is 0 Å². The van der Waals surface area contributed by atoms with Crippen molar-refractivity contribution < 1.29 is 4.74 Å². The fourth-order valence-corrected chi connectivity index (χ4v) is 8.28. The van der Waals surface area contributed by atoms with Gasteiger partial charge >= 0.3 is 0 Å². The van der Waals surface area contributed by atoms with Gasteiger partial charge in [-0.1, -0.05) is 91.0 Å². The zero-order valence-corrected chi connectivity index (χ0v) is 27.4. The van der Waals surface area contributed by atoms with Gasteiger partial charge in [0, 0.05) is 40.8 Å². The summed E-state index contributed by atoms with van der Waals surface area (Å²) in [4.78, 5) is 16.7. The van der Waals surface area contributed by atoms with E-state index in [4.69, 9.17) is 9.72 Å². The molecule has 1 aromatic heterocycles. The molecule has 3 aliphatic heterocycles. The van der Waals surface area contributed by atoms with Crippen LogP contribution >= 0.6 is 0 Å². The first-order chi connectivity index (χ1) is 25.3. The molecule has 0 unspecified atom stereocenters. The highest BCUT2D eigenvalue weighted by atomic mass is 16.5. The maximum atomic E-state index is 7.17. The summed E-state index contributed by atoms with van der Waals surface area (Å²) in [5.74, 6) is 1.57. The standard InChI is InChI=1S/C44H28BN5O/c1-3-14-29(15-4-1)48-34-21-9-7-18-31(34)45-32-19-8-10-22-35(32)49(30-16-5-2-6-17-30)43-41(45)38(48)28-39-44(43)51-40-25-12-11-23-36(40)50(39)37-24-13-20-33-42(37)47-27-26-46-33/h1-28H. The van der Waals surface area contributed by atoms with Crippen LogP contribution in [0.15, 0.2) is 170 Å². The highest BCUT2D eigenvalue weighted by molar-refractivity contribution is 7.00. The summed E-state index contributed by atoms with van der Waals surface area (Å²) in [5, 5.41) is 0. The van der Waals surface area contributed by atoms with Crippen LogP contribution in [0.1, 0.15) is 0 Å². The SMILES string of the molecule is c1ccc(N2c3ccccc3B3c4ccccc4N(c4ccccc4)c4c5c(cc2c43)N(c2cccc3nccnc23)c2ccccc2O5)cc1. The number of anilines is 9. The van der Waals surface area contributed by atoms with Crippen LogP contribution in [0.25, 0.3) is 11.0 Å². The quantitative estimate of drug-likeness (QED) is 0.177. The molecule has 0 saturated carbocycles. The molecule has 6 nitrogen and oxygen atoms in total. The molecule has 0 spiro atoms. The Hall–Kier alpha value is -6.86. The molecule has 0 saturated heterocycles. The van der Waals surface area contributed by atoms with E-state index in [2.05, 4.69) is 165 Å². The van der Waals surface area contributed by atoms with Crippen LogP contribution in [-0.4, -0.2) is 16.7 Å². The van der Waals surface area contributed by atoms with E-state index in [9.17, 15) is 0 Å². The second-order valence-electron chi connectivity index (χ2n) is 13.0. The molecule has 0 amide bonds. The molecule has 7 heteroatoms. The van der Waals surface area contributed by atoms with Crippen LogP contribution in [-0.2, 0) is 0 Å². The highest BCUT2D eigenvalue weighted by Gasteiger charge is 2.47. The van der Waals surface area contributed by atoms with Crippen molar-refractivity contribution in [2.75, 3.05) is 14.7 Å². The zero-order chi connectivity index (χ0) is 33.5. The Morgan fingerprint density at radius 2 is 1.04 bits per heavy atom. The van der Waals surface area contributed by atoms with Crippen LogP contribution in [0.4, 0.5) is 51.2 Å². The highest BCUT2D eigenvalue weighted by Crippen LogP contribution is 2.58. The Balaban J connectivity index is 1.32. The maximum absolute atomic E-state index is 7.17. The van der Waals surface area contributed by atoms with Gasteiger partial charge in [0.05, 0.1) is 28.3 Å². The van der Waals surface area contributed by atoms with Crippen LogP contribution in [0, 0.1) is 0 Å². The van der Waals surface area contributed by atoms with E-state index in [1.807, 2.05) is 12.1 Å². The van der Waals surface area contributed by atoms with Crippen molar-refractivity contribution in [3.63, 3.8) is 0 Å². The van der Waals surface area contributed by atoms with Crippen LogP contribution in [0.5, 0.6) is 11.5 Å². The van der Waals surface area contributed by atoms with Gasteiger partial charge in [0.25, 0.3) is 6.71 Å². The molecular weight excluding hydrogens is 625 g/mol. The minimum Gasteiger partial charge on any atom is -0.451 e. The molecule has 0 aliphatic carbocycles. The van der Waals surface area contributed by atoms with Crippen LogP contribution < -0.4 is 35.8 Å². The number of hydrogen-bond donors (Lipinski definition) is 0. The van der Waals surface area contributed by atoms with Gasteiger partial charge < -0.3 is 19.4 Å². The molecule has 0 radical (unpaired) electrons. The topological polar surface area (TPSA) is 44.7 Å². The summed E-state index contributed by atoms with van der Waals surface area (Å²) in [6, 6.07) is 55.8. The van der Waals surface area contributed by atoms with E-state index in [-0.39, 0.29) is 6.71 Å². The molecule has 11 rings (SSSR count). The first-order valence-electron chi connectivity index (χ1n) is 17.2. The Morgan fingerprint density at radius 1 is 0.451 bits per heavy atom. The van der Waals surface area contributed by atoms with Gasteiger partial charge in [0.15, 0.2) is 11.5 Å². The molecule has 0 atom stereocenters. The van der Waals surface area contributed by atoms with Gasteiger partial charge in [0.1, 0.15) is 5.52 Å². The fourth-order valence-electron chi connectivity index (χ4n) is 8.28. The Kier molecular flexibility index (Phi) is 5.95. The number of rotatable bonds is 3. The predicted molar refractivity (Wildman–Crippen MR) is 208 cm³/mol. The van der Waals surface area contributed by atoms with E-state index in [1.165, 1.54) is 16.4 Å². The third-order valence-electron chi connectivity index (χ3n) is 10.3. The number of ether oxygens (including phenoxy) is 1. The Bertz CT molecular complexity index is 2650. The first kappa shape index (κ1) is 28.0. The molecule has 8 aromatic rings. The third kappa shape index (κ3) is 4.00. The van der Waals surface area contributed by atoms with E-state index in [0.717, 1.165) is 73.7 Å². The molecule has 0 fully saturated rings. The minimum absolute atomic E-state index is 0.0229. The van der Waals surface area contributed by atoms with Crippen molar-refractivity contribution in [2.45, 2.75) is 0 Å². The normalized spacial score (nSPS) is 13.5. The van der Waals surface area contributed by atoms with Crippen molar-refractivity contribution in [2.24, 2.45) is 0 Å². The predicted octanol–water partition coefficient (Wildman–Crippen LogP) is 9.29. The summed E-state index contributed by atoms with van der Waals surface area (Å²) in [6.45, 7) is -0.0229. The van der Waals surface area contributed by atoms with Gasteiger partial charge in [-0.15, -0.1) is 0 Å². The van der Waals surface area contributed by atoms with Crippen molar-refractivity contribution in [3.8, 4) is 11.5 Å². The molecular formula is C44H28BN5O. The van der Waals surface area contributed by atoms with Crippen molar-refractivity contribution in [1.29, 1.82) is 0 Å². The molecule has 4 heterocycles. The smallest absolute Gasteiger partial charge is 0.252 e. The average Bonchev–Trinajstić information content (AvgIpc) is 3.20. The van der Waals surface area contributed by atoms with E-state index in [1.54, 1.807) is 12.4 Å². The second-order valence-corrected chi connectivity index (χ2v) is 13.0. The van der Waals surface area contributed by atoms with Crippen LogP contribution in [0.2, 0.25) is 0 Å². The zero-order valence-electron chi connectivity index (χ0n) is 27.4. The fraction of sp³-hybridized carbons (Fsp3) is 0. The Labute approximate surface area is 295 Å². The lowest BCUT2D eigenvalue weighted by Gasteiger charge is -2.46. The summed E-state index contributed by atoms with van der Waals surface area (Å²) >= 11 is 0. The molecule has 0 N–H and O–H groups in total. The summed E-state index contributed by atoms with van der Waals surface area (Å²) < 4.78 is 7.17. The monoisotopic (exact) mass is 653 g/mol. The van der Waals surface area contributed by atoms with Gasteiger partial charge in [-0.05, 0) is 83.1 Å². The Morgan fingerprint density at radius 3 is 1.78 bits per heavy atom. The number of fused-ring (bicyclic) bond motifs is 8. The number of hydrogen-bond acceptors (Lipinski definition) is 6. The number of benzene rings is 7. The molecule has 238 valence electrons. The van der Waals surface area contributed by atoms with E-state index in [0.29, 0.717) is 0 Å². The number of aromatic nitrogens is 2. The van der Waals surface area contributed by atoms with Crippen molar-refractivity contribution >= 4 is 85.3 Å². The lowest BCUT2D eigenvalue weighted by Crippen LogP contribution is -2.61. The summed E-state index contributed by atoms with van der Waals surface area (Å²) in [6.07, 6.45) is 3.51. The van der Waals surface area contributed by atoms with E-state index < -0.39 is 0 Å². The minimum atomic E-state index is -0.0229.